The van der Waals surface area contributed by atoms with Crippen molar-refractivity contribution < 1.29 is 4.42 Å². The molecule has 0 aliphatic heterocycles. The summed E-state index contributed by atoms with van der Waals surface area (Å²) in [6.45, 7) is 5.95. The van der Waals surface area contributed by atoms with Gasteiger partial charge < -0.3 is 9.40 Å². The lowest BCUT2D eigenvalue weighted by molar-refractivity contribution is 0.510. The number of H-pyrrole nitrogens is 1. The Balaban J connectivity index is 2.09. The van der Waals surface area contributed by atoms with E-state index in [1.54, 1.807) is 0 Å². The Labute approximate surface area is 122 Å². The number of aryl methyl sites for hydroxylation is 2. The Morgan fingerprint density at radius 2 is 2.10 bits per heavy atom. The molecule has 1 unspecified atom stereocenters. The second kappa shape index (κ2) is 5.20. The number of pyridine rings is 1. The minimum absolute atomic E-state index is 0.0699. The van der Waals surface area contributed by atoms with Crippen molar-refractivity contribution in [2.45, 2.75) is 33.1 Å². The molecule has 0 fully saturated rings. The summed E-state index contributed by atoms with van der Waals surface area (Å²) in [5.41, 5.74) is 4.27. The van der Waals surface area contributed by atoms with E-state index >= 15 is 0 Å². The summed E-state index contributed by atoms with van der Waals surface area (Å²) in [6.07, 6.45) is 0.885. The van der Waals surface area contributed by atoms with Crippen molar-refractivity contribution in [3.05, 3.63) is 63.4 Å². The molecular formula is C17H18N2O2. The van der Waals surface area contributed by atoms with Gasteiger partial charge in [0.2, 0.25) is 5.89 Å². The van der Waals surface area contributed by atoms with Gasteiger partial charge >= 0.3 is 0 Å². The molecule has 0 bridgehead atoms. The number of benzene rings is 1. The van der Waals surface area contributed by atoms with Gasteiger partial charge in [0.15, 0.2) is 5.58 Å². The first-order chi connectivity index (χ1) is 10.1. The topological polar surface area (TPSA) is 58.9 Å². The van der Waals surface area contributed by atoms with Crippen LogP contribution in [0, 0.1) is 6.92 Å². The van der Waals surface area contributed by atoms with E-state index in [2.05, 4.69) is 16.9 Å². The standard InChI is InChI=1S/C17H18N2O2/c1-4-12-9-13(16(20)18-11(12)3)10(2)17-19-14-7-5-6-8-15(14)21-17/h5-10H,4H2,1-3H3,(H,18,20). The highest BCUT2D eigenvalue weighted by Gasteiger charge is 2.19. The number of aromatic amines is 1. The van der Waals surface area contributed by atoms with Crippen LogP contribution in [0.5, 0.6) is 0 Å². The van der Waals surface area contributed by atoms with Gasteiger partial charge in [-0.25, -0.2) is 4.98 Å². The maximum Gasteiger partial charge on any atom is 0.252 e. The molecule has 4 nitrogen and oxygen atoms in total. The molecule has 0 saturated carbocycles. The van der Waals surface area contributed by atoms with Gasteiger partial charge in [-0.15, -0.1) is 0 Å². The molecule has 3 aromatic rings. The van der Waals surface area contributed by atoms with Crippen LogP contribution in [-0.4, -0.2) is 9.97 Å². The number of fused-ring (bicyclic) bond motifs is 1. The average Bonchev–Trinajstić information content (AvgIpc) is 2.90. The summed E-state index contributed by atoms with van der Waals surface area (Å²) in [5, 5.41) is 0. The average molecular weight is 282 g/mol. The highest BCUT2D eigenvalue weighted by Crippen LogP contribution is 2.25. The third-order valence-corrected chi connectivity index (χ3v) is 3.90. The van der Waals surface area contributed by atoms with Crippen LogP contribution in [0.4, 0.5) is 0 Å². The monoisotopic (exact) mass is 282 g/mol. The lowest BCUT2D eigenvalue weighted by atomic mass is 9.99. The summed E-state index contributed by atoms with van der Waals surface area (Å²) in [5.74, 6) is 0.402. The molecule has 0 aliphatic carbocycles. The number of hydrogen-bond acceptors (Lipinski definition) is 3. The largest absolute Gasteiger partial charge is 0.440 e. The minimum Gasteiger partial charge on any atom is -0.440 e. The fraction of sp³-hybridized carbons (Fsp3) is 0.294. The van der Waals surface area contributed by atoms with E-state index in [4.69, 9.17) is 4.42 Å². The molecule has 0 amide bonds. The van der Waals surface area contributed by atoms with Gasteiger partial charge in [0.05, 0.1) is 5.92 Å². The Hall–Kier alpha value is -2.36. The van der Waals surface area contributed by atoms with E-state index in [0.717, 1.165) is 28.8 Å². The number of rotatable bonds is 3. The zero-order chi connectivity index (χ0) is 15.0. The molecule has 0 radical (unpaired) electrons. The maximum atomic E-state index is 12.2. The maximum absolute atomic E-state index is 12.2. The van der Waals surface area contributed by atoms with E-state index < -0.39 is 0 Å². The number of oxazole rings is 1. The molecule has 21 heavy (non-hydrogen) atoms. The fourth-order valence-electron chi connectivity index (χ4n) is 2.58. The van der Waals surface area contributed by atoms with Crippen molar-refractivity contribution in [3.63, 3.8) is 0 Å². The smallest absolute Gasteiger partial charge is 0.252 e. The third-order valence-electron chi connectivity index (χ3n) is 3.90. The molecule has 108 valence electrons. The Morgan fingerprint density at radius 3 is 2.81 bits per heavy atom. The van der Waals surface area contributed by atoms with Gasteiger partial charge in [-0.2, -0.15) is 0 Å². The van der Waals surface area contributed by atoms with E-state index in [0.29, 0.717) is 11.5 Å². The molecule has 1 atom stereocenters. The van der Waals surface area contributed by atoms with Crippen molar-refractivity contribution in [2.75, 3.05) is 0 Å². The summed E-state index contributed by atoms with van der Waals surface area (Å²) >= 11 is 0. The molecule has 1 N–H and O–H groups in total. The minimum atomic E-state index is -0.174. The van der Waals surface area contributed by atoms with Gasteiger partial charge in [0, 0.05) is 11.3 Å². The molecule has 0 spiro atoms. The highest BCUT2D eigenvalue weighted by molar-refractivity contribution is 5.72. The number of hydrogen-bond donors (Lipinski definition) is 1. The molecule has 3 rings (SSSR count). The van der Waals surface area contributed by atoms with Crippen LogP contribution < -0.4 is 5.56 Å². The number of para-hydroxylation sites is 2. The van der Waals surface area contributed by atoms with Crippen molar-refractivity contribution >= 4 is 11.1 Å². The van der Waals surface area contributed by atoms with E-state index in [1.165, 1.54) is 0 Å². The third kappa shape index (κ3) is 2.37. The molecule has 0 aliphatic rings. The van der Waals surface area contributed by atoms with Crippen LogP contribution in [0.3, 0.4) is 0 Å². The first kappa shape index (κ1) is 13.6. The van der Waals surface area contributed by atoms with E-state index in [1.807, 2.05) is 44.2 Å². The van der Waals surface area contributed by atoms with Crippen molar-refractivity contribution in [3.8, 4) is 0 Å². The van der Waals surface area contributed by atoms with Crippen molar-refractivity contribution in [1.82, 2.24) is 9.97 Å². The first-order valence-corrected chi connectivity index (χ1v) is 7.18. The Bertz CT molecular complexity index is 812. The zero-order valence-corrected chi connectivity index (χ0v) is 12.4. The van der Waals surface area contributed by atoms with Gasteiger partial charge in [-0.1, -0.05) is 19.1 Å². The van der Waals surface area contributed by atoms with E-state index in [-0.39, 0.29) is 11.5 Å². The first-order valence-electron chi connectivity index (χ1n) is 7.18. The Morgan fingerprint density at radius 1 is 1.33 bits per heavy atom. The Kier molecular flexibility index (Phi) is 3.37. The highest BCUT2D eigenvalue weighted by atomic mass is 16.3. The van der Waals surface area contributed by atoms with Gasteiger partial charge in [0.1, 0.15) is 5.52 Å². The lowest BCUT2D eigenvalue weighted by Gasteiger charge is -2.10. The lowest BCUT2D eigenvalue weighted by Crippen LogP contribution is -2.18. The summed E-state index contributed by atoms with van der Waals surface area (Å²) < 4.78 is 5.78. The molecule has 2 aromatic heterocycles. The van der Waals surface area contributed by atoms with E-state index in [9.17, 15) is 4.79 Å². The van der Waals surface area contributed by atoms with Crippen LogP contribution in [0.2, 0.25) is 0 Å². The summed E-state index contributed by atoms with van der Waals surface area (Å²) in [4.78, 5) is 19.6. The van der Waals surface area contributed by atoms with Gasteiger partial charge in [-0.3, -0.25) is 4.79 Å². The van der Waals surface area contributed by atoms with Crippen molar-refractivity contribution in [2.24, 2.45) is 0 Å². The zero-order valence-electron chi connectivity index (χ0n) is 12.4. The molecule has 2 heterocycles. The van der Waals surface area contributed by atoms with Crippen LogP contribution >= 0.6 is 0 Å². The van der Waals surface area contributed by atoms with Crippen LogP contribution in [0.25, 0.3) is 11.1 Å². The van der Waals surface area contributed by atoms with Gasteiger partial charge in [-0.05, 0) is 44.0 Å². The van der Waals surface area contributed by atoms with Crippen LogP contribution in [0.1, 0.15) is 42.5 Å². The summed E-state index contributed by atoms with van der Waals surface area (Å²) in [6, 6.07) is 9.60. The van der Waals surface area contributed by atoms with Crippen LogP contribution in [0.15, 0.2) is 39.5 Å². The number of aromatic nitrogens is 2. The predicted molar refractivity (Wildman–Crippen MR) is 82.7 cm³/mol. The van der Waals surface area contributed by atoms with Crippen LogP contribution in [-0.2, 0) is 6.42 Å². The SMILES string of the molecule is CCc1cc(C(C)c2nc3ccccc3o2)c(=O)[nH]c1C. The normalized spacial score (nSPS) is 12.7. The quantitative estimate of drug-likeness (QED) is 0.799. The number of nitrogens with zero attached hydrogens (tertiary/aromatic N) is 1. The predicted octanol–water partition coefficient (Wildman–Crippen LogP) is 3.54. The molecule has 4 heteroatoms. The number of nitrogens with one attached hydrogen (secondary N) is 1. The fourth-order valence-corrected chi connectivity index (χ4v) is 2.58. The second-order valence-corrected chi connectivity index (χ2v) is 5.30. The summed E-state index contributed by atoms with van der Waals surface area (Å²) in [7, 11) is 0. The molecule has 1 aromatic carbocycles. The van der Waals surface area contributed by atoms with Gasteiger partial charge in [0.25, 0.3) is 5.56 Å². The van der Waals surface area contributed by atoms with Crippen molar-refractivity contribution in [1.29, 1.82) is 0 Å². The molecule has 0 saturated heterocycles. The molecular weight excluding hydrogens is 264 g/mol. The second-order valence-electron chi connectivity index (χ2n) is 5.30.